The molecule has 2 nitrogen and oxygen atoms in total. The van der Waals surface area contributed by atoms with Crippen LogP contribution in [0.1, 0.15) is 71.1 Å². The lowest BCUT2D eigenvalue weighted by atomic mass is 10.1. The highest BCUT2D eigenvalue weighted by molar-refractivity contribution is 8.03. The molecule has 0 amide bonds. The lowest BCUT2D eigenvalue weighted by Gasteiger charge is -2.04. The molecule has 0 radical (unpaired) electrons. The van der Waals surface area contributed by atoms with Crippen LogP contribution in [0.25, 0.3) is 0 Å². The van der Waals surface area contributed by atoms with Crippen molar-refractivity contribution in [2.24, 2.45) is 0 Å². The first kappa shape index (κ1) is 18.6. The molecule has 0 saturated carbocycles. The minimum Gasteiger partial charge on any atom is -0.465 e. The Morgan fingerprint density at radius 2 is 1.42 bits per heavy atom. The summed E-state index contributed by atoms with van der Waals surface area (Å²) < 4.78 is 4.60. The third kappa shape index (κ3) is 12.3. The van der Waals surface area contributed by atoms with Gasteiger partial charge in [-0.2, -0.15) is 0 Å². The minimum atomic E-state index is -0.294. The van der Waals surface area contributed by atoms with Crippen LogP contribution < -0.4 is 0 Å². The molecular formula is C16H30O2S. The number of carbonyl (C=O) groups is 1. The van der Waals surface area contributed by atoms with Gasteiger partial charge in [-0.05, 0) is 12.2 Å². The SMILES string of the molecule is C=C(SCCCCCCCCCCCC)C(=O)OC. The van der Waals surface area contributed by atoms with Crippen molar-refractivity contribution in [3.8, 4) is 0 Å². The van der Waals surface area contributed by atoms with Gasteiger partial charge in [-0.3, -0.25) is 0 Å². The van der Waals surface area contributed by atoms with Crippen LogP contribution in [0.15, 0.2) is 11.5 Å². The first-order chi connectivity index (χ1) is 9.22. The number of unbranched alkanes of at least 4 members (excludes halogenated alkanes) is 9. The van der Waals surface area contributed by atoms with Gasteiger partial charge in [0.1, 0.15) is 0 Å². The van der Waals surface area contributed by atoms with E-state index in [1.807, 2.05) is 0 Å². The van der Waals surface area contributed by atoms with Gasteiger partial charge in [0.2, 0.25) is 0 Å². The van der Waals surface area contributed by atoms with E-state index in [9.17, 15) is 4.79 Å². The van der Waals surface area contributed by atoms with Gasteiger partial charge >= 0.3 is 5.97 Å². The monoisotopic (exact) mass is 286 g/mol. The lowest BCUT2D eigenvalue weighted by molar-refractivity contribution is -0.135. The molecule has 0 aromatic rings. The zero-order valence-electron chi connectivity index (χ0n) is 12.7. The van der Waals surface area contributed by atoms with Crippen LogP contribution in [-0.4, -0.2) is 18.8 Å². The molecule has 0 aromatic carbocycles. The summed E-state index contributed by atoms with van der Waals surface area (Å²) in [5.41, 5.74) is 0. The summed E-state index contributed by atoms with van der Waals surface area (Å²) in [6.07, 6.45) is 13.4. The van der Waals surface area contributed by atoms with E-state index < -0.39 is 0 Å². The highest BCUT2D eigenvalue weighted by Crippen LogP contribution is 2.18. The second-order valence-corrected chi connectivity index (χ2v) is 6.13. The standard InChI is InChI=1S/C16H30O2S/c1-4-5-6-7-8-9-10-11-12-13-14-19-15(2)16(17)18-3/h2,4-14H2,1,3H3. The van der Waals surface area contributed by atoms with Gasteiger partial charge in [-0.25, -0.2) is 4.79 Å². The third-order valence-electron chi connectivity index (χ3n) is 3.19. The summed E-state index contributed by atoms with van der Waals surface area (Å²) in [6, 6.07) is 0. The normalized spacial score (nSPS) is 10.4. The van der Waals surface area contributed by atoms with E-state index in [0.717, 1.165) is 12.2 Å². The van der Waals surface area contributed by atoms with Crippen LogP contribution in [0.5, 0.6) is 0 Å². The number of methoxy groups -OCH3 is 1. The molecule has 0 fully saturated rings. The second kappa shape index (κ2) is 14.0. The molecule has 0 aromatic heterocycles. The fraction of sp³-hybridized carbons (Fsp3) is 0.812. The fourth-order valence-corrected chi connectivity index (χ4v) is 2.75. The van der Waals surface area contributed by atoms with Crippen LogP contribution in [0.4, 0.5) is 0 Å². The molecular weight excluding hydrogens is 256 g/mol. The van der Waals surface area contributed by atoms with Gasteiger partial charge in [-0.15, -0.1) is 11.8 Å². The molecule has 0 saturated heterocycles. The maximum atomic E-state index is 11.1. The van der Waals surface area contributed by atoms with Crippen LogP contribution in [0.3, 0.4) is 0 Å². The van der Waals surface area contributed by atoms with E-state index in [1.165, 1.54) is 76.7 Å². The number of thioether (sulfide) groups is 1. The van der Waals surface area contributed by atoms with Gasteiger partial charge in [0.25, 0.3) is 0 Å². The maximum Gasteiger partial charge on any atom is 0.343 e. The largest absolute Gasteiger partial charge is 0.465 e. The Labute approximate surface area is 123 Å². The van der Waals surface area contributed by atoms with Gasteiger partial charge in [0.15, 0.2) is 0 Å². The van der Waals surface area contributed by atoms with Crippen LogP contribution in [0.2, 0.25) is 0 Å². The molecule has 3 heteroatoms. The molecule has 0 spiro atoms. The van der Waals surface area contributed by atoms with E-state index in [0.29, 0.717) is 4.91 Å². The number of esters is 1. The topological polar surface area (TPSA) is 26.3 Å². The van der Waals surface area contributed by atoms with E-state index in [1.54, 1.807) is 0 Å². The zero-order chi connectivity index (χ0) is 14.3. The van der Waals surface area contributed by atoms with Crippen molar-refractivity contribution >= 4 is 17.7 Å². The number of hydrogen-bond acceptors (Lipinski definition) is 3. The Kier molecular flexibility index (Phi) is 13.7. The summed E-state index contributed by atoms with van der Waals surface area (Å²) in [5.74, 6) is 0.682. The van der Waals surface area contributed by atoms with E-state index in [-0.39, 0.29) is 5.97 Å². The Balaban J connectivity index is 3.15. The minimum absolute atomic E-state index is 0.294. The van der Waals surface area contributed by atoms with Crippen molar-refractivity contribution < 1.29 is 9.53 Å². The third-order valence-corrected chi connectivity index (χ3v) is 4.20. The number of ether oxygens (including phenoxy) is 1. The first-order valence-corrected chi connectivity index (χ1v) is 8.61. The zero-order valence-corrected chi connectivity index (χ0v) is 13.5. The Morgan fingerprint density at radius 1 is 0.947 bits per heavy atom. The molecule has 0 aliphatic carbocycles. The number of carbonyl (C=O) groups excluding carboxylic acids is 1. The lowest BCUT2D eigenvalue weighted by Crippen LogP contribution is -2.00. The molecule has 0 rings (SSSR count). The molecule has 0 bridgehead atoms. The van der Waals surface area contributed by atoms with Gasteiger partial charge in [0.05, 0.1) is 12.0 Å². The predicted molar refractivity (Wildman–Crippen MR) is 85.5 cm³/mol. The van der Waals surface area contributed by atoms with Gasteiger partial charge in [0, 0.05) is 0 Å². The second-order valence-electron chi connectivity index (χ2n) is 4.95. The van der Waals surface area contributed by atoms with Crippen molar-refractivity contribution in [1.82, 2.24) is 0 Å². The summed E-state index contributed by atoms with van der Waals surface area (Å²) in [5, 5.41) is 0. The first-order valence-electron chi connectivity index (χ1n) is 7.62. The molecule has 19 heavy (non-hydrogen) atoms. The average molecular weight is 286 g/mol. The maximum absolute atomic E-state index is 11.1. The Hall–Kier alpha value is -0.440. The summed E-state index contributed by atoms with van der Waals surface area (Å²) in [7, 11) is 1.40. The highest BCUT2D eigenvalue weighted by Gasteiger charge is 2.05. The van der Waals surface area contributed by atoms with Crippen molar-refractivity contribution in [2.45, 2.75) is 71.1 Å². The smallest absolute Gasteiger partial charge is 0.343 e. The fourth-order valence-electron chi connectivity index (χ4n) is 1.96. The quantitative estimate of drug-likeness (QED) is 0.260. The van der Waals surface area contributed by atoms with E-state index in [2.05, 4.69) is 18.2 Å². The van der Waals surface area contributed by atoms with E-state index >= 15 is 0 Å². The van der Waals surface area contributed by atoms with Gasteiger partial charge in [-0.1, -0.05) is 71.3 Å². The van der Waals surface area contributed by atoms with Crippen LogP contribution in [-0.2, 0) is 9.53 Å². The number of rotatable bonds is 13. The summed E-state index contributed by atoms with van der Waals surface area (Å²) >= 11 is 1.52. The predicted octanol–water partition coefficient (Wildman–Crippen LogP) is 5.33. The van der Waals surface area contributed by atoms with Crippen LogP contribution in [0, 0.1) is 0 Å². The van der Waals surface area contributed by atoms with Crippen molar-refractivity contribution in [2.75, 3.05) is 12.9 Å². The molecule has 0 heterocycles. The molecule has 0 aliphatic rings. The molecule has 0 atom stereocenters. The summed E-state index contributed by atoms with van der Waals surface area (Å²) in [4.78, 5) is 11.6. The molecule has 0 N–H and O–H groups in total. The Morgan fingerprint density at radius 3 is 1.89 bits per heavy atom. The van der Waals surface area contributed by atoms with Crippen molar-refractivity contribution in [3.05, 3.63) is 11.5 Å². The molecule has 0 aliphatic heterocycles. The van der Waals surface area contributed by atoms with E-state index in [4.69, 9.17) is 0 Å². The average Bonchev–Trinajstić information content (AvgIpc) is 2.43. The highest BCUT2D eigenvalue weighted by atomic mass is 32.2. The molecule has 112 valence electrons. The summed E-state index contributed by atoms with van der Waals surface area (Å²) in [6.45, 7) is 5.95. The van der Waals surface area contributed by atoms with Crippen molar-refractivity contribution in [1.29, 1.82) is 0 Å². The number of hydrogen-bond donors (Lipinski definition) is 0. The van der Waals surface area contributed by atoms with Crippen molar-refractivity contribution in [3.63, 3.8) is 0 Å². The molecule has 0 unspecified atom stereocenters. The van der Waals surface area contributed by atoms with Gasteiger partial charge < -0.3 is 4.74 Å². The van der Waals surface area contributed by atoms with Crippen LogP contribution >= 0.6 is 11.8 Å². The Bertz CT molecular complexity index is 239.